The first kappa shape index (κ1) is 32.5. The van der Waals surface area contributed by atoms with Gasteiger partial charge in [0.2, 0.25) is 0 Å². The fourth-order valence-electron chi connectivity index (χ4n) is 9.94. The average molecular weight is 698 g/mol. The number of terminal acetylenes is 1. The first-order valence-corrected chi connectivity index (χ1v) is 19.6. The smallest absolute Gasteiger partial charge is 0.0746 e. The Kier molecular flexibility index (Phi) is 7.91. The first-order valence-electron chi connectivity index (χ1n) is 18.4. The Morgan fingerprint density at radius 3 is 2.75 bits per heavy atom. The number of thiophene rings is 1. The SMILES string of the molecule is C#C/C=C1/N=C(C)C2C(Cc3ccc([C@H]4c5ccccc5CC(c5ccc6c7c(sc6c5)C=CCC7)=C5C=CC=CC54C)cc3S)C2C1=C(C)C. The monoisotopic (exact) mass is 697 g/mol. The number of thiol groups is 1. The van der Waals surface area contributed by atoms with Crippen molar-refractivity contribution in [1.29, 1.82) is 0 Å². The highest BCUT2D eigenvalue weighted by Gasteiger charge is 2.56. The number of aryl methyl sites for hydroxylation is 1. The molecule has 0 bridgehead atoms. The Hall–Kier alpha value is -4.36. The third-order valence-corrected chi connectivity index (χ3v) is 13.8. The van der Waals surface area contributed by atoms with E-state index in [4.69, 9.17) is 24.0 Å². The molecule has 0 radical (unpaired) electrons. The van der Waals surface area contributed by atoms with Crippen LogP contribution in [0.5, 0.6) is 0 Å². The van der Waals surface area contributed by atoms with E-state index in [1.807, 2.05) is 17.4 Å². The summed E-state index contributed by atoms with van der Waals surface area (Å²) in [5, 5.41) is 1.43. The van der Waals surface area contributed by atoms with E-state index in [2.05, 4.69) is 131 Å². The molecule has 4 aromatic rings. The maximum atomic E-state index is 5.70. The van der Waals surface area contributed by atoms with Crippen LogP contribution >= 0.6 is 24.0 Å². The second-order valence-corrected chi connectivity index (χ2v) is 17.0. The molecule has 1 saturated carbocycles. The van der Waals surface area contributed by atoms with Crippen molar-refractivity contribution < 1.29 is 0 Å². The van der Waals surface area contributed by atoms with Crippen molar-refractivity contribution in [3.05, 3.63) is 158 Å². The summed E-state index contributed by atoms with van der Waals surface area (Å²) in [4.78, 5) is 7.47. The van der Waals surface area contributed by atoms with Gasteiger partial charge >= 0.3 is 0 Å². The van der Waals surface area contributed by atoms with Gasteiger partial charge in [-0.05, 0) is 132 Å². The predicted molar refractivity (Wildman–Crippen MR) is 221 cm³/mol. The number of allylic oxidation sites excluding steroid dienone is 10. The molecule has 0 amide bonds. The lowest BCUT2D eigenvalue weighted by Crippen LogP contribution is -2.27. The molecule has 1 aromatic heterocycles. The fourth-order valence-corrected chi connectivity index (χ4v) is 11.5. The predicted octanol–water partition coefficient (Wildman–Crippen LogP) is 12.2. The molecule has 9 rings (SSSR count). The van der Waals surface area contributed by atoms with Crippen LogP contribution in [0.2, 0.25) is 0 Å². The summed E-state index contributed by atoms with van der Waals surface area (Å²) in [7, 11) is 0. The van der Waals surface area contributed by atoms with E-state index in [0.717, 1.165) is 36.3 Å². The van der Waals surface area contributed by atoms with Crippen LogP contribution in [0, 0.1) is 35.5 Å². The minimum Gasteiger partial charge on any atom is -0.257 e. The first-order chi connectivity index (χ1) is 24.8. The van der Waals surface area contributed by atoms with Crippen LogP contribution in [0.25, 0.3) is 21.7 Å². The number of benzene rings is 3. The molecule has 0 saturated heterocycles. The number of nitrogens with zero attached hydrogens (tertiary/aromatic N) is 1. The van der Waals surface area contributed by atoms with E-state index in [0.29, 0.717) is 17.8 Å². The van der Waals surface area contributed by atoms with Gasteiger partial charge in [0.1, 0.15) is 0 Å². The molecule has 0 spiro atoms. The lowest BCUT2D eigenvalue weighted by atomic mass is 9.64. The van der Waals surface area contributed by atoms with Gasteiger partial charge in [-0.15, -0.1) is 30.4 Å². The molecule has 1 aliphatic heterocycles. The fraction of sp³-hybridized carbons (Fsp3) is 0.271. The largest absolute Gasteiger partial charge is 0.257 e. The van der Waals surface area contributed by atoms with E-state index in [1.54, 1.807) is 0 Å². The molecule has 0 N–H and O–H groups in total. The minimum atomic E-state index is -0.234. The van der Waals surface area contributed by atoms with E-state index in [-0.39, 0.29) is 11.3 Å². The van der Waals surface area contributed by atoms with E-state index in [1.165, 1.54) is 76.3 Å². The molecular formula is C48H43NS2. The van der Waals surface area contributed by atoms with Crippen LogP contribution < -0.4 is 0 Å². The van der Waals surface area contributed by atoms with Gasteiger partial charge in [-0.1, -0.05) is 97.3 Å². The second-order valence-electron chi connectivity index (χ2n) is 15.5. The van der Waals surface area contributed by atoms with Gasteiger partial charge in [0.15, 0.2) is 0 Å². The topological polar surface area (TPSA) is 12.4 Å². The second kappa shape index (κ2) is 12.4. The maximum Gasteiger partial charge on any atom is 0.0746 e. The van der Waals surface area contributed by atoms with Crippen molar-refractivity contribution in [1.82, 2.24) is 0 Å². The number of hydrogen-bond acceptors (Lipinski definition) is 3. The van der Waals surface area contributed by atoms with Gasteiger partial charge in [0.25, 0.3) is 0 Å². The highest BCUT2D eigenvalue weighted by atomic mass is 32.1. The molecule has 4 unspecified atom stereocenters. The molecule has 252 valence electrons. The minimum absolute atomic E-state index is 0.150. The van der Waals surface area contributed by atoms with Crippen LogP contribution in [-0.2, 0) is 19.3 Å². The van der Waals surface area contributed by atoms with Gasteiger partial charge in [-0.25, -0.2) is 0 Å². The van der Waals surface area contributed by atoms with E-state index in [9.17, 15) is 0 Å². The molecule has 5 aliphatic rings. The maximum absolute atomic E-state index is 5.70. The molecular weight excluding hydrogens is 655 g/mol. The molecule has 2 heterocycles. The number of hydrogen-bond donors (Lipinski definition) is 1. The van der Waals surface area contributed by atoms with Gasteiger partial charge in [0, 0.05) is 43.5 Å². The summed E-state index contributed by atoms with van der Waals surface area (Å²) in [5.41, 5.74) is 15.8. The van der Waals surface area contributed by atoms with E-state index >= 15 is 0 Å². The summed E-state index contributed by atoms with van der Waals surface area (Å²) in [6.45, 7) is 9.02. The summed E-state index contributed by atoms with van der Waals surface area (Å²) in [5.74, 6) is 4.35. The highest BCUT2D eigenvalue weighted by Crippen LogP contribution is 2.59. The van der Waals surface area contributed by atoms with Crippen molar-refractivity contribution in [2.75, 3.05) is 0 Å². The van der Waals surface area contributed by atoms with Gasteiger partial charge in [0.05, 0.1) is 5.70 Å². The van der Waals surface area contributed by atoms with E-state index < -0.39 is 0 Å². The van der Waals surface area contributed by atoms with Crippen molar-refractivity contribution in [2.24, 2.45) is 28.2 Å². The highest BCUT2D eigenvalue weighted by molar-refractivity contribution is 7.80. The normalized spacial score (nSPS) is 26.6. The van der Waals surface area contributed by atoms with Crippen LogP contribution in [-0.4, -0.2) is 5.71 Å². The lowest BCUT2D eigenvalue weighted by Gasteiger charge is -2.39. The third-order valence-electron chi connectivity index (χ3n) is 12.3. The Labute approximate surface area is 312 Å². The quantitative estimate of drug-likeness (QED) is 0.161. The molecule has 5 atom stereocenters. The van der Waals surface area contributed by atoms with Gasteiger partial charge in [-0.2, -0.15) is 0 Å². The van der Waals surface area contributed by atoms with Crippen LogP contribution in [0.1, 0.15) is 78.3 Å². The zero-order chi connectivity index (χ0) is 35.0. The Balaban J connectivity index is 1.11. The molecule has 1 fully saturated rings. The summed E-state index contributed by atoms with van der Waals surface area (Å²) < 4.78 is 1.40. The number of aliphatic imine (C=N–C) groups is 1. The molecule has 3 aromatic carbocycles. The third kappa shape index (κ3) is 5.25. The van der Waals surface area contributed by atoms with Gasteiger partial charge in [-0.3, -0.25) is 4.99 Å². The molecule has 3 heteroatoms. The Morgan fingerprint density at radius 2 is 1.92 bits per heavy atom. The zero-order valence-corrected chi connectivity index (χ0v) is 31.5. The van der Waals surface area contributed by atoms with Crippen molar-refractivity contribution >= 4 is 51.4 Å². The average Bonchev–Trinajstić information content (AvgIpc) is 3.73. The van der Waals surface area contributed by atoms with Crippen LogP contribution in [0.3, 0.4) is 0 Å². The zero-order valence-electron chi connectivity index (χ0n) is 29.8. The number of fused-ring (bicyclic) bond motifs is 6. The summed E-state index contributed by atoms with van der Waals surface area (Å²) >= 11 is 7.16. The van der Waals surface area contributed by atoms with Gasteiger partial charge < -0.3 is 0 Å². The summed E-state index contributed by atoms with van der Waals surface area (Å²) in [6.07, 6.45) is 25.7. The Morgan fingerprint density at radius 1 is 1.06 bits per heavy atom. The van der Waals surface area contributed by atoms with Crippen molar-refractivity contribution in [3.63, 3.8) is 0 Å². The molecule has 4 aliphatic carbocycles. The summed E-state index contributed by atoms with van der Waals surface area (Å²) in [6, 6.07) is 23.5. The molecule has 51 heavy (non-hydrogen) atoms. The standard InChI is InChI=1S/C48H43NS2/c1-6-13-40-44(28(2)3)46-38(45(46)29(4)49-40)25-32-19-20-33(26-41(32)50)47-34-15-8-7-14-30(34)24-37(39-17-11-12-23-48(39,47)5)31-21-22-36-35-16-9-10-18-42(35)51-43(36)27-31/h1,7-8,10-15,17-23,26-27,38,45-47,50H,9,16,24-25H2,2-5H3/b40-13+/t38?,45?,46?,47-,48?/m0/s1. The van der Waals surface area contributed by atoms with Crippen LogP contribution in [0.4, 0.5) is 0 Å². The van der Waals surface area contributed by atoms with Crippen molar-refractivity contribution in [2.45, 2.75) is 64.2 Å². The number of rotatable bonds is 4. The van der Waals surface area contributed by atoms with Crippen molar-refractivity contribution in [3.8, 4) is 12.3 Å². The molecule has 1 nitrogen and oxygen atoms in total. The Bertz CT molecular complexity index is 2410. The van der Waals surface area contributed by atoms with Crippen LogP contribution in [0.15, 0.2) is 129 Å². The lowest BCUT2D eigenvalue weighted by molar-refractivity contribution is 0.456.